The van der Waals surface area contributed by atoms with Crippen LogP contribution in [0.25, 0.3) is 6.08 Å². The molecule has 1 fully saturated rings. The highest BCUT2D eigenvalue weighted by atomic mass is 35.5. The molecule has 0 N–H and O–H groups in total. The van der Waals surface area contributed by atoms with Crippen molar-refractivity contribution in [1.29, 1.82) is 0 Å². The van der Waals surface area contributed by atoms with Crippen molar-refractivity contribution in [3.05, 3.63) is 93.6 Å². The number of thioether (sulfide) groups is 1. The number of carbonyl (C=O) groups is 2. The maximum absolute atomic E-state index is 13.4. The van der Waals surface area contributed by atoms with Gasteiger partial charge >= 0.3 is 0 Å². The summed E-state index contributed by atoms with van der Waals surface area (Å²) in [7, 11) is 0. The fourth-order valence-corrected chi connectivity index (χ4v) is 4.27. The largest absolute Gasteiger partial charge is 0.490 e. The van der Waals surface area contributed by atoms with E-state index in [-0.39, 0.29) is 17.3 Å². The molecule has 0 spiro atoms. The second-order valence-electron chi connectivity index (χ2n) is 7.05. The smallest absolute Gasteiger partial charge is 0.298 e. The van der Waals surface area contributed by atoms with E-state index in [4.69, 9.17) is 21.1 Å². The summed E-state index contributed by atoms with van der Waals surface area (Å²) in [6.45, 7) is 2.43. The Morgan fingerprint density at radius 1 is 1.00 bits per heavy atom. The van der Waals surface area contributed by atoms with Crippen LogP contribution in [0.4, 0.5) is 14.9 Å². The highest BCUT2D eigenvalue weighted by Crippen LogP contribution is 2.37. The minimum Gasteiger partial charge on any atom is -0.490 e. The first-order valence-corrected chi connectivity index (χ1v) is 11.3. The van der Waals surface area contributed by atoms with Gasteiger partial charge in [0.25, 0.3) is 11.1 Å². The van der Waals surface area contributed by atoms with Gasteiger partial charge in [-0.25, -0.2) is 9.29 Å². The van der Waals surface area contributed by atoms with Crippen LogP contribution in [0, 0.1) is 5.82 Å². The molecule has 0 aromatic heterocycles. The molecule has 33 heavy (non-hydrogen) atoms. The Labute approximate surface area is 199 Å². The lowest BCUT2D eigenvalue weighted by Crippen LogP contribution is -2.27. The summed E-state index contributed by atoms with van der Waals surface area (Å²) in [5, 5.41) is 0.0410. The zero-order valence-electron chi connectivity index (χ0n) is 17.6. The summed E-state index contributed by atoms with van der Waals surface area (Å²) in [4.78, 5) is 26.7. The van der Waals surface area contributed by atoms with E-state index in [1.807, 2.05) is 6.92 Å². The highest BCUT2D eigenvalue weighted by Gasteiger charge is 2.36. The molecule has 1 heterocycles. The van der Waals surface area contributed by atoms with Crippen LogP contribution in [0.15, 0.2) is 71.6 Å². The standard InChI is InChI=1S/C25H19ClFNO4S/c1-2-31-22-12-16(9-10-21(22)32-15-17-5-3-7-19(27)11-17)13-23-24(29)28(25(30)33-23)20-8-4-6-18(26)14-20/h3-14H,2,15H2,1H3/b23-13+. The number of anilines is 1. The number of hydrogen-bond donors (Lipinski definition) is 0. The first kappa shape index (κ1) is 22.9. The number of carbonyl (C=O) groups excluding carboxylic acids is 2. The second kappa shape index (κ2) is 10.1. The molecule has 0 radical (unpaired) electrons. The zero-order valence-corrected chi connectivity index (χ0v) is 19.2. The number of imide groups is 1. The lowest BCUT2D eigenvalue weighted by molar-refractivity contribution is -0.113. The van der Waals surface area contributed by atoms with Crippen molar-refractivity contribution >= 4 is 46.3 Å². The van der Waals surface area contributed by atoms with E-state index in [1.165, 1.54) is 12.1 Å². The summed E-state index contributed by atoms with van der Waals surface area (Å²) < 4.78 is 24.9. The number of nitrogens with zero attached hydrogens (tertiary/aromatic N) is 1. The van der Waals surface area contributed by atoms with Crippen molar-refractivity contribution in [2.75, 3.05) is 11.5 Å². The van der Waals surface area contributed by atoms with E-state index in [1.54, 1.807) is 60.7 Å². The summed E-state index contributed by atoms with van der Waals surface area (Å²) >= 11 is 6.86. The quantitative estimate of drug-likeness (QED) is 0.350. The highest BCUT2D eigenvalue weighted by molar-refractivity contribution is 8.19. The van der Waals surface area contributed by atoms with Crippen LogP contribution in [0.5, 0.6) is 11.5 Å². The number of benzene rings is 3. The van der Waals surface area contributed by atoms with E-state index in [9.17, 15) is 14.0 Å². The third-order valence-corrected chi connectivity index (χ3v) is 5.81. The Morgan fingerprint density at radius 3 is 2.58 bits per heavy atom. The first-order valence-electron chi connectivity index (χ1n) is 10.1. The van der Waals surface area contributed by atoms with Gasteiger partial charge in [0.15, 0.2) is 11.5 Å². The third kappa shape index (κ3) is 5.38. The van der Waals surface area contributed by atoms with Gasteiger partial charge in [-0.15, -0.1) is 0 Å². The number of halogens is 2. The van der Waals surface area contributed by atoms with Gasteiger partial charge in [0, 0.05) is 5.02 Å². The molecule has 8 heteroatoms. The molecule has 5 nitrogen and oxygen atoms in total. The van der Waals surface area contributed by atoms with E-state index >= 15 is 0 Å². The molecule has 1 aliphatic heterocycles. The number of ether oxygens (including phenoxy) is 2. The van der Waals surface area contributed by atoms with Gasteiger partial charge in [-0.05, 0) is 78.4 Å². The molecule has 0 bridgehead atoms. The fraction of sp³-hybridized carbons (Fsp3) is 0.120. The summed E-state index contributed by atoms with van der Waals surface area (Å²) in [6.07, 6.45) is 1.63. The van der Waals surface area contributed by atoms with Gasteiger partial charge in [0.05, 0.1) is 17.2 Å². The maximum atomic E-state index is 13.4. The van der Waals surface area contributed by atoms with Crippen molar-refractivity contribution in [2.45, 2.75) is 13.5 Å². The number of rotatable bonds is 7. The normalized spacial score (nSPS) is 14.8. The lowest BCUT2D eigenvalue weighted by atomic mass is 10.1. The van der Waals surface area contributed by atoms with E-state index in [0.29, 0.717) is 39.9 Å². The predicted molar refractivity (Wildman–Crippen MR) is 128 cm³/mol. The Hall–Kier alpha value is -3.29. The first-order chi connectivity index (χ1) is 15.9. The Balaban J connectivity index is 1.55. The SMILES string of the molecule is CCOc1cc(/C=C2/SC(=O)N(c3cccc(Cl)c3)C2=O)ccc1OCc1cccc(F)c1. The minimum absolute atomic E-state index is 0.176. The van der Waals surface area contributed by atoms with Crippen molar-refractivity contribution < 1.29 is 23.5 Å². The topological polar surface area (TPSA) is 55.8 Å². The van der Waals surface area contributed by atoms with E-state index in [0.717, 1.165) is 16.7 Å². The average molecular weight is 484 g/mol. The molecule has 0 unspecified atom stereocenters. The van der Waals surface area contributed by atoms with Gasteiger partial charge in [-0.2, -0.15) is 0 Å². The van der Waals surface area contributed by atoms with Crippen LogP contribution in [0.1, 0.15) is 18.1 Å². The van der Waals surface area contributed by atoms with Crippen LogP contribution in [0.3, 0.4) is 0 Å². The Bertz CT molecular complexity index is 1250. The van der Waals surface area contributed by atoms with Crippen molar-refractivity contribution in [3.63, 3.8) is 0 Å². The minimum atomic E-state index is -0.420. The van der Waals surface area contributed by atoms with Crippen LogP contribution in [-0.2, 0) is 11.4 Å². The number of amides is 2. The Morgan fingerprint density at radius 2 is 1.82 bits per heavy atom. The molecule has 0 atom stereocenters. The van der Waals surface area contributed by atoms with Crippen LogP contribution >= 0.6 is 23.4 Å². The molecular formula is C25H19ClFNO4S. The summed E-state index contributed by atoms with van der Waals surface area (Å²) in [5.74, 6) is 0.224. The Kier molecular flexibility index (Phi) is 7.01. The van der Waals surface area contributed by atoms with Crippen LogP contribution in [0.2, 0.25) is 5.02 Å². The van der Waals surface area contributed by atoms with Crippen molar-refractivity contribution in [3.8, 4) is 11.5 Å². The molecule has 3 aromatic rings. The molecule has 0 aliphatic carbocycles. The molecule has 2 amide bonds. The van der Waals surface area contributed by atoms with Gasteiger partial charge in [0.1, 0.15) is 12.4 Å². The molecular weight excluding hydrogens is 465 g/mol. The van der Waals surface area contributed by atoms with Gasteiger partial charge < -0.3 is 9.47 Å². The predicted octanol–water partition coefficient (Wildman–Crippen LogP) is 6.70. The molecule has 1 saturated heterocycles. The molecule has 4 rings (SSSR count). The second-order valence-corrected chi connectivity index (χ2v) is 8.48. The van der Waals surface area contributed by atoms with Crippen molar-refractivity contribution in [2.24, 2.45) is 0 Å². The van der Waals surface area contributed by atoms with E-state index < -0.39 is 11.1 Å². The summed E-state index contributed by atoms with van der Waals surface area (Å²) in [6, 6.07) is 18.0. The van der Waals surface area contributed by atoms with Crippen LogP contribution in [-0.4, -0.2) is 17.8 Å². The lowest BCUT2D eigenvalue weighted by Gasteiger charge is -2.13. The maximum Gasteiger partial charge on any atom is 0.298 e. The van der Waals surface area contributed by atoms with Crippen LogP contribution < -0.4 is 14.4 Å². The average Bonchev–Trinajstić information content (AvgIpc) is 3.06. The third-order valence-electron chi connectivity index (χ3n) is 4.71. The zero-order chi connectivity index (χ0) is 23.4. The van der Waals surface area contributed by atoms with Crippen molar-refractivity contribution in [1.82, 2.24) is 0 Å². The summed E-state index contributed by atoms with van der Waals surface area (Å²) in [5.41, 5.74) is 1.79. The monoisotopic (exact) mass is 483 g/mol. The van der Waals surface area contributed by atoms with Gasteiger partial charge in [-0.3, -0.25) is 9.59 Å². The molecule has 3 aromatic carbocycles. The van der Waals surface area contributed by atoms with Gasteiger partial charge in [-0.1, -0.05) is 35.9 Å². The molecule has 0 saturated carbocycles. The van der Waals surface area contributed by atoms with Gasteiger partial charge in [0.2, 0.25) is 0 Å². The van der Waals surface area contributed by atoms with E-state index in [2.05, 4.69) is 0 Å². The fourth-order valence-electron chi connectivity index (χ4n) is 3.25. The molecule has 1 aliphatic rings. The molecule has 168 valence electrons. The number of hydrogen-bond acceptors (Lipinski definition) is 5.